The number of thiazole rings is 1. The monoisotopic (exact) mass is 300 g/mol. The first-order valence-corrected chi connectivity index (χ1v) is 8.12. The van der Waals surface area contributed by atoms with Gasteiger partial charge in [-0.1, -0.05) is 6.07 Å². The highest BCUT2D eigenvalue weighted by Gasteiger charge is 2.10. The van der Waals surface area contributed by atoms with Crippen molar-refractivity contribution in [3.05, 3.63) is 45.4 Å². The fraction of sp³-hybridized carbons (Fsp3) is 0.375. The van der Waals surface area contributed by atoms with E-state index < -0.39 is 0 Å². The van der Waals surface area contributed by atoms with E-state index in [0.29, 0.717) is 12.5 Å². The summed E-state index contributed by atoms with van der Waals surface area (Å²) in [6.45, 7) is 2.73. The smallest absolute Gasteiger partial charge is 0.193 e. The van der Waals surface area contributed by atoms with Crippen LogP contribution in [0.5, 0.6) is 0 Å². The molecule has 0 amide bonds. The van der Waals surface area contributed by atoms with E-state index in [4.69, 9.17) is 5.73 Å². The summed E-state index contributed by atoms with van der Waals surface area (Å²) in [4.78, 5) is 9.93. The summed E-state index contributed by atoms with van der Waals surface area (Å²) in [5, 5.41) is 4.29. The zero-order chi connectivity index (χ0) is 14.7. The molecular formula is C16H20N4S. The van der Waals surface area contributed by atoms with Crippen molar-refractivity contribution in [2.24, 2.45) is 10.7 Å². The predicted molar refractivity (Wildman–Crippen MR) is 89.1 cm³/mol. The number of aromatic nitrogens is 1. The maximum Gasteiger partial charge on any atom is 0.193 e. The van der Waals surface area contributed by atoms with Crippen molar-refractivity contribution in [3.63, 3.8) is 0 Å². The minimum atomic E-state index is 0.473. The van der Waals surface area contributed by atoms with Crippen molar-refractivity contribution in [2.45, 2.75) is 32.6 Å². The molecule has 1 aromatic carbocycles. The van der Waals surface area contributed by atoms with Gasteiger partial charge < -0.3 is 11.1 Å². The third kappa shape index (κ3) is 3.61. The van der Waals surface area contributed by atoms with Gasteiger partial charge in [0.25, 0.3) is 0 Å². The topological polar surface area (TPSA) is 63.3 Å². The molecule has 3 N–H and O–H groups in total. The molecule has 21 heavy (non-hydrogen) atoms. The Bertz CT molecular complexity index is 660. The second-order valence-corrected chi connectivity index (χ2v) is 6.66. The molecular weight excluding hydrogens is 280 g/mol. The molecule has 0 unspecified atom stereocenters. The molecule has 1 heterocycles. The minimum absolute atomic E-state index is 0.473. The van der Waals surface area contributed by atoms with Gasteiger partial charge in [0.05, 0.1) is 5.01 Å². The van der Waals surface area contributed by atoms with E-state index in [1.54, 1.807) is 11.3 Å². The molecule has 0 radical (unpaired) electrons. The number of guanidine groups is 1. The van der Waals surface area contributed by atoms with Crippen LogP contribution in [0.1, 0.15) is 27.4 Å². The molecule has 1 aliphatic rings. The Hall–Kier alpha value is -1.88. The summed E-state index contributed by atoms with van der Waals surface area (Å²) >= 11 is 1.72. The number of aliphatic imine (C=N–C) groups is 1. The minimum Gasteiger partial charge on any atom is -0.370 e. The molecule has 0 atom stereocenters. The Morgan fingerprint density at radius 1 is 1.38 bits per heavy atom. The molecule has 110 valence electrons. The van der Waals surface area contributed by atoms with Crippen LogP contribution in [0, 0.1) is 6.92 Å². The molecule has 2 aromatic rings. The molecule has 4 nitrogen and oxygen atoms in total. The average molecular weight is 300 g/mol. The average Bonchev–Trinajstić information content (AvgIpc) is 3.07. The van der Waals surface area contributed by atoms with Crippen LogP contribution in [-0.4, -0.2) is 17.5 Å². The van der Waals surface area contributed by atoms with Crippen molar-refractivity contribution in [3.8, 4) is 0 Å². The van der Waals surface area contributed by atoms with Crippen LogP contribution in [0.3, 0.4) is 0 Å². The number of rotatable bonds is 4. The van der Waals surface area contributed by atoms with Gasteiger partial charge >= 0.3 is 0 Å². The van der Waals surface area contributed by atoms with Gasteiger partial charge in [-0.05, 0) is 49.4 Å². The summed E-state index contributed by atoms with van der Waals surface area (Å²) < 4.78 is 0. The zero-order valence-corrected chi connectivity index (χ0v) is 13.0. The number of fused-ring (bicyclic) bond motifs is 1. The largest absolute Gasteiger partial charge is 0.370 e. The van der Waals surface area contributed by atoms with Crippen LogP contribution in [0.15, 0.2) is 29.4 Å². The van der Waals surface area contributed by atoms with Gasteiger partial charge in [0, 0.05) is 29.7 Å². The summed E-state index contributed by atoms with van der Waals surface area (Å²) in [5.74, 6) is 0.473. The highest BCUT2D eigenvalue weighted by atomic mass is 32.1. The van der Waals surface area contributed by atoms with Crippen LogP contribution in [-0.2, 0) is 19.3 Å². The maximum absolute atomic E-state index is 5.94. The molecule has 0 aliphatic heterocycles. The number of hydrogen-bond acceptors (Lipinski definition) is 3. The Labute approximate surface area is 129 Å². The molecule has 0 spiro atoms. The van der Waals surface area contributed by atoms with Crippen LogP contribution in [0.2, 0.25) is 0 Å². The zero-order valence-electron chi connectivity index (χ0n) is 12.2. The molecule has 0 saturated carbocycles. The first-order valence-electron chi connectivity index (χ1n) is 7.31. The Kier molecular flexibility index (Phi) is 4.20. The standard InChI is InChI=1S/C16H20N4S/c1-11-10-19-15(21-11)7-8-18-16(17)20-14-6-5-12-3-2-4-13(12)9-14/h5-6,9-10H,2-4,7-8H2,1H3,(H3,17,18,20). The number of nitrogens with zero attached hydrogens (tertiary/aromatic N) is 2. The van der Waals surface area contributed by atoms with Crippen molar-refractivity contribution < 1.29 is 0 Å². The van der Waals surface area contributed by atoms with Gasteiger partial charge in [0.15, 0.2) is 5.96 Å². The van der Waals surface area contributed by atoms with Crippen LogP contribution >= 0.6 is 11.3 Å². The second kappa shape index (κ2) is 6.26. The number of benzene rings is 1. The molecule has 3 rings (SSSR count). The third-order valence-electron chi connectivity index (χ3n) is 3.65. The van der Waals surface area contributed by atoms with Gasteiger partial charge in [-0.3, -0.25) is 4.99 Å². The number of nitrogens with one attached hydrogen (secondary N) is 1. The normalized spacial score (nSPS) is 14.2. The molecule has 1 aromatic heterocycles. The van der Waals surface area contributed by atoms with Crippen LogP contribution in [0.4, 0.5) is 5.69 Å². The lowest BCUT2D eigenvalue weighted by Gasteiger charge is -2.07. The molecule has 0 fully saturated rings. The van der Waals surface area contributed by atoms with Crippen LogP contribution in [0.25, 0.3) is 0 Å². The quantitative estimate of drug-likeness (QED) is 0.674. The highest BCUT2D eigenvalue weighted by molar-refractivity contribution is 7.11. The first-order chi connectivity index (χ1) is 10.2. The van der Waals surface area contributed by atoms with E-state index in [0.717, 1.165) is 17.1 Å². The summed E-state index contributed by atoms with van der Waals surface area (Å²) in [7, 11) is 0. The van der Waals surface area contributed by atoms with Crippen molar-refractivity contribution in [1.29, 1.82) is 0 Å². The fourth-order valence-corrected chi connectivity index (χ4v) is 3.40. The highest BCUT2D eigenvalue weighted by Crippen LogP contribution is 2.24. The lowest BCUT2D eigenvalue weighted by molar-refractivity contribution is 0.912. The van der Waals surface area contributed by atoms with Gasteiger partial charge in [0.2, 0.25) is 0 Å². The lowest BCUT2D eigenvalue weighted by atomic mass is 10.1. The number of anilines is 1. The van der Waals surface area contributed by atoms with Crippen LogP contribution < -0.4 is 11.1 Å². The van der Waals surface area contributed by atoms with Crippen molar-refractivity contribution in [1.82, 2.24) is 4.98 Å². The first kappa shape index (κ1) is 14.1. The lowest BCUT2D eigenvalue weighted by Crippen LogP contribution is -2.23. The SMILES string of the molecule is Cc1cnc(CCN=C(N)Nc2ccc3c(c2)CCC3)s1. The second-order valence-electron chi connectivity index (χ2n) is 5.34. The summed E-state index contributed by atoms with van der Waals surface area (Å²) in [5.41, 5.74) is 9.88. The van der Waals surface area contributed by atoms with E-state index in [1.807, 2.05) is 6.20 Å². The van der Waals surface area contributed by atoms with Gasteiger partial charge in [0.1, 0.15) is 0 Å². The molecule has 0 saturated heterocycles. The Morgan fingerprint density at radius 2 is 2.24 bits per heavy atom. The number of hydrogen-bond donors (Lipinski definition) is 2. The number of aryl methyl sites for hydroxylation is 3. The van der Waals surface area contributed by atoms with Gasteiger partial charge in [-0.25, -0.2) is 4.98 Å². The molecule has 1 aliphatic carbocycles. The van der Waals surface area contributed by atoms with E-state index in [1.165, 1.54) is 35.3 Å². The van der Waals surface area contributed by atoms with Crippen molar-refractivity contribution >= 4 is 23.0 Å². The summed E-state index contributed by atoms with van der Waals surface area (Å²) in [6, 6.07) is 6.46. The van der Waals surface area contributed by atoms with E-state index in [2.05, 4.69) is 40.4 Å². The third-order valence-corrected chi connectivity index (χ3v) is 4.62. The van der Waals surface area contributed by atoms with E-state index in [9.17, 15) is 0 Å². The molecule has 5 heteroatoms. The summed E-state index contributed by atoms with van der Waals surface area (Å²) in [6.07, 6.45) is 6.37. The van der Waals surface area contributed by atoms with Crippen molar-refractivity contribution in [2.75, 3.05) is 11.9 Å². The Balaban J connectivity index is 1.55. The van der Waals surface area contributed by atoms with E-state index in [-0.39, 0.29) is 0 Å². The fourth-order valence-electron chi connectivity index (χ4n) is 2.63. The van der Waals surface area contributed by atoms with E-state index >= 15 is 0 Å². The maximum atomic E-state index is 5.94. The van der Waals surface area contributed by atoms with Gasteiger partial charge in [-0.2, -0.15) is 0 Å². The van der Waals surface area contributed by atoms with Gasteiger partial charge in [-0.15, -0.1) is 11.3 Å². The predicted octanol–water partition coefficient (Wildman–Crippen LogP) is 2.91. The molecule has 0 bridgehead atoms. The Morgan fingerprint density at radius 3 is 3.05 bits per heavy atom. The number of nitrogens with two attached hydrogens (primary N) is 1.